The van der Waals surface area contributed by atoms with Gasteiger partial charge in [0.25, 0.3) is 0 Å². The highest BCUT2D eigenvalue weighted by atomic mass is 15.1. The molecule has 0 aliphatic heterocycles. The lowest BCUT2D eigenvalue weighted by molar-refractivity contribution is 1.18. The quantitative estimate of drug-likeness (QED) is 0.228. The highest BCUT2D eigenvalue weighted by molar-refractivity contribution is 6.09. The Hall–Kier alpha value is -5.08. The Labute approximate surface area is 229 Å². The fraction of sp³-hybridized carbons (Fsp3) is 0.0270. The molecule has 0 saturated carbocycles. The van der Waals surface area contributed by atoms with Crippen LogP contribution in [0.5, 0.6) is 0 Å². The normalized spacial score (nSPS) is 11.2. The standard InChI is InChI=1S/C37H28N2/c1-27-10-9-13-33(26-27)38(30-11-3-2-4-12-30)31-22-18-28(19-23-31)29-20-24-32(25-21-29)39-36-16-7-5-14-34(36)35-15-6-8-17-37(35)39/h2-26H,1H3. The molecule has 2 nitrogen and oxygen atoms in total. The predicted octanol–water partition coefficient (Wildman–Crippen LogP) is 10.2. The first-order valence-electron chi connectivity index (χ1n) is 13.4. The molecule has 1 heterocycles. The molecule has 0 N–H and O–H groups in total. The van der Waals surface area contributed by atoms with Gasteiger partial charge in [0, 0.05) is 33.5 Å². The van der Waals surface area contributed by atoms with Gasteiger partial charge in [0.2, 0.25) is 0 Å². The maximum Gasteiger partial charge on any atom is 0.0541 e. The van der Waals surface area contributed by atoms with Gasteiger partial charge in [-0.3, -0.25) is 0 Å². The van der Waals surface area contributed by atoms with E-state index in [4.69, 9.17) is 0 Å². The van der Waals surface area contributed by atoms with E-state index in [0.717, 1.165) is 17.1 Å². The fourth-order valence-electron chi connectivity index (χ4n) is 5.60. The van der Waals surface area contributed by atoms with Gasteiger partial charge in [0.15, 0.2) is 0 Å². The van der Waals surface area contributed by atoms with Gasteiger partial charge in [-0.1, -0.05) is 91.0 Å². The maximum atomic E-state index is 2.36. The molecule has 1 aromatic heterocycles. The van der Waals surface area contributed by atoms with Crippen LogP contribution in [0.2, 0.25) is 0 Å². The second-order valence-corrected chi connectivity index (χ2v) is 9.97. The lowest BCUT2D eigenvalue weighted by Crippen LogP contribution is -2.09. The molecule has 0 unspecified atom stereocenters. The molecule has 7 rings (SSSR count). The first-order chi connectivity index (χ1) is 19.3. The van der Waals surface area contributed by atoms with Crippen molar-refractivity contribution in [2.45, 2.75) is 6.92 Å². The third kappa shape index (κ3) is 4.17. The van der Waals surface area contributed by atoms with Crippen molar-refractivity contribution in [3.8, 4) is 16.8 Å². The van der Waals surface area contributed by atoms with E-state index in [1.165, 1.54) is 44.2 Å². The van der Waals surface area contributed by atoms with Crippen LogP contribution in [0, 0.1) is 6.92 Å². The largest absolute Gasteiger partial charge is 0.310 e. The average Bonchev–Trinajstić information content (AvgIpc) is 3.33. The second-order valence-electron chi connectivity index (χ2n) is 9.97. The summed E-state index contributed by atoms with van der Waals surface area (Å²) in [6.45, 7) is 2.14. The van der Waals surface area contributed by atoms with Gasteiger partial charge in [-0.2, -0.15) is 0 Å². The molecule has 0 atom stereocenters. The van der Waals surface area contributed by atoms with Crippen LogP contribution in [0.25, 0.3) is 38.6 Å². The number of para-hydroxylation sites is 3. The van der Waals surface area contributed by atoms with E-state index in [1.807, 2.05) is 0 Å². The zero-order valence-corrected chi connectivity index (χ0v) is 21.8. The summed E-state index contributed by atoms with van der Waals surface area (Å²) in [5.41, 5.74) is 10.7. The summed E-state index contributed by atoms with van der Waals surface area (Å²) in [5, 5.41) is 2.56. The Morgan fingerprint density at radius 2 is 0.949 bits per heavy atom. The third-order valence-corrected chi connectivity index (χ3v) is 7.44. The Morgan fingerprint density at radius 1 is 0.436 bits per heavy atom. The monoisotopic (exact) mass is 500 g/mol. The smallest absolute Gasteiger partial charge is 0.0541 e. The van der Waals surface area contributed by atoms with Gasteiger partial charge in [-0.15, -0.1) is 0 Å². The van der Waals surface area contributed by atoms with Crippen LogP contribution >= 0.6 is 0 Å². The van der Waals surface area contributed by atoms with Crippen LogP contribution in [-0.4, -0.2) is 4.57 Å². The van der Waals surface area contributed by atoms with Gasteiger partial charge in [-0.25, -0.2) is 0 Å². The van der Waals surface area contributed by atoms with Gasteiger partial charge >= 0.3 is 0 Å². The van der Waals surface area contributed by atoms with Crippen LogP contribution < -0.4 is 4.90 Å². The first-order valence-corrected chi connectivity index (χ1v) is 13.4. The second kappa shape index (κ2) is 9.66. The third-order valence-electron chi connectivity index (χ3n) is 7.44. The highest BCUT2D eigenvalue weighted by Crippen LogP contribution is 2.36. The highest BCUT2D eigenvalue weighted by Gasteiger charge is 2.14. The molecule has 0 fully saturated rings. The summed E-state index contributed by atoms with van der Waals surface area (Å²) in [7, 11) is 0. The summed E-state index contributed by atoms with van der Waals surface area (Å²) in [6, 6.07) is 54.3. The molecule has 39 heavy (non-hydrogen) atoms. The molecule has 0 aliphatic rings. The first kappa shape index (κ1) is 23.1. The van der Waals surface area contributed by atoms with Crippen molar-refractivity contribution < 1.29 is 0 Å². The van der Waals surface area contributed by atoms with Gasteiger partial charge in [0.05, 0.1) is 11.0 Å². The van der Waals surface area contributed by atoms with E-state index in [9.17, 15) is 0 Å². The van der Waals surface area contributed by atoms with Crippen LogP contribution in [-0.2, 0) is 0 Å². The number of nitrogens with zero attached hydrogens (tertiary/aromatic N) is 2. The van der Waals surface area contributed by atoms with Crippen molar-refractivity contribution in [2.75, 3.05) is 4.90 Å². The molecule has 0 amide bonds. The number of hydrogen-bond acceptors (Lipinski definition) is 1. The minimum atomic E-state index is 1.14. The molecule has 2 heteroatoms. The number of fused-ring (bicyclic) bond motifs is 3. The summed E-state index contributed by atoms with van der Waals surface area (Å²) in [6.07, 6.45) is 0. The van der Waals surface area contributed by atoms with Gasteiger partial charge in [-0.05, 0) is 84.3 Å². The summed E-state index contributed by atoms with van der Waals surface area (Å²) in [4.78, 5) is 2.31. The minimum absolute atomic E-state index is 1.14. The molecule has 6 aromatic carbocycles. The molecule has 0 aliphatic carbocycles. The SMILES string of the molecule is Cc1cccc(N(c2ccccc2)c2ccc(-c3ccc(-n4c5ccccc5c5ccccc54)cc3)cc2)c1. The van der Waals surface area contributed by atoms with Crippen molar-refractivity contribution in [2.24, 2.45) is 0 Å². The molecular weight excluding hydrogens is 472 g/mol. The number of rotatable bonds is 5. The van der Waals surface area contributed by atoms with Crippen molar-refractivity contribution in [1.29, 1.82) is 0 Å². The molecule has 7 aromatic rings. The number of anilines is 3. The minimum Gasteiger partial charge on any atom is -0.310 e. The summed E-state index contributed by atoms with van der Waals surface area (Å²) in [5.74, 6) is 0. The van der Waals surface area contributed by atoms with E-state index >= 15 is 0 Å². The molecule has 0 saturated heterocycles. The number of hydrogen-bond donors (Lipinski definition) is 0. The van der Waals surface area contributed by atoms with E-state index in [-0.39, 0.29) is 0 Å². The van der Waals surface area contributed by atoms with E-state index in [1.54, 1.807) is 0 Å². The average molecular weight is 501 g/mol. The molecule has 0 radical (unpaired) electrons. The zero-order valence-electron chi connectivity index (χ0n) is 21.8. The number of benzene rings is 6. The fourth-order valence-corrected chi connectivity index (χ4v) is 5.60. The lowest BCUT2D eigenvalue weighted by atomic mass is 10.0. The van der Waals surface area contributed by atoms with Crippen LogP contribution in [0.15, 0.2) is 152 Å². The predicted molar refractivity (Wildman–Crippen MR) is 166 cm³/mol. The number of aryl methyl sites for hydroxylation is 1. The number of aromatic nitrogens is 1. The van der Waals surface area contributed by atoms with Crippen LogP contribution in [0.3, 0.4) is 0 Å². The topological polar surface area (TPSA) is 8.17 Å². The van der Waals surface area contributed by atoms with Gasteiger partial charge in [0.1, 0.15) is 0 Å². The van der Waals surface area contributed by atoms with Crippen molar-refractivity contribution in [1.82, 2.24) is 4.57 Å². The molecular formula is C37H28N2. The molecule has 0 spiro atoms. The van der Waals surface area contributed by atoms with E-state index < -0.39 is 0 Å². The van der Waals surface area contributed by atoms with Crippen LogP contribution in [0.4, 0.5) is 17.1 Å². The van der Waals surface area contributed by atoms with Crippen molar-refractivity contribution >= 4 is 38.9 Å². The molecule has 0 bridgehead atoms. The Bertz CT molecular complexity index is 1840. The van der Waals surface area contributed by atoms with Gasteiger partial charge < -0.3 is 9.47 Å². The Balaban J connectivity index is 1.24. The van der Waals surface area contributed by atoms with Crippen molar-refractivity contribution in [3.05, 3.63) is 157 Å². The van der Waals surface area contributed by atoms with E-state index in [0.29, 0.717) is 0 Å². The van der Waals surface area contributed by atoms with Crippen molar-refractivity contribution in [3.63, 3.8) is 0 Å². The Kier molecular flexibility index (Phi) is 5.71. The van der Waals surface area contributed by atoms with E-state index in [2.05, 4.69) is 168 Å². The lowest BCUT2D eigenvalue weighted by Gasteiger charge is -2.26. The molecule has 186 valence electrons. The van der Waals surface area contributed by atoms with Crippen LogP contribution in [0.1, 0.15) is 5.56 Å². The zero-order chi connectivity index (χ0) is 26.2. The Morgan fingerprint density at radius 3 is 1.56 bits per heavy atom. The summed E-state index contributed by atoms with van der Waals surface area (Å²) >= 11 is 0. The maximum absolute atomic E-state index is 2.36. The summed E-state index contributed by atoms with van der Waals surface area (Å²) < 4.78 is 2.36.